The zero-order valence-electron chi connectivity index (χ0n) is 13.7. The SMILES string of the molecule is Cc1cc(C)c2c(n1)sc1c(=O)n(Cc3cccnc3)c(C)nc12. The van der Waals surface area contributed by atoms with E-state index in [-0.39, 0.29) is 5.56 Å². The number of aryl methyl sites for hydroxylation is 3. The molecule has 0 amide bonds. The first-order valence-electron chi connectivity index (χ1n) is 7.71. The van der Waals surface area contributed by atoms with Crippen molar-refractivity contribution in [1.82, 2.24) is 19.5 Å². The Morgan fingerprint density at radius 3 is 2.79 bits per heavy atom. The van der Waals surface area contributed by atoms with Gasteiger partial charge in [-0.05, 0) is 44.0 Å². The van der Waals surface area contributed by atoms with Crippen LogP contribution in [0.3, 0.4) is 0 Å². The van der Waals surface area contributed by atoms with E-state index in [1.165, 1.54) is 11.3 Å². The van der Waals surface area contributed by atoms with Crippen molar-refractivity contribution in [3.05, 3.63) is 63.6 Å². The molecule has 4 rings (SSSR count). The lowest BCUT2D eigenvalue weighted by Gasteiger charge is -2.09. The summed E-state index contributed by atoms with van der Waals surface area (Å²) in [7, 11) is 0. The molecule has 0 radical (unpaired) electrons. The highest BCUT2D eigenvalue weighted by Crippen LogP contribution is 2.32. The molecule has 4 heterocycles. The predicted octanol–water partition coefficient (Wildman–Crippen LogP) is 3.37. The smallest absolute Gasteiger partial charge is 0.271 e. The number of hydrogen-bond donors (Lipinski definition) is 0. The van der Waals surface area contributed by atoms with Gasteiger partial charge in [0.1, 0.15) is 15.4 Å². The molecular formula is C18H16N4OS. The molecule has 0 aliphatic heterocycles. The largest absolute Gasteiger partial charge is 0.291 e. The Hall–Kier alpha value is -2.60. The molecule has 5 nitrogen and oxygen atoms in total. The van der Waals surface area contributed by atoms with Gasteiger partial charge in [0, 0.05) is 23.5 Å². The van der Waals surface area contributed by atoms with Crippen LogP contribution in [0.4, 0.5) is 0 Å². The third kappa shape index (κ3) is 2.30. The molecule has 0 aliphatic rings. The number of hydrogen-bond acceptors (Lipinski definition) is 5. The number of rotatable bonds is 2. The van der Waals surface area contributed by atoms with E-state index in [4.69, 9.17) is 4.98 Å². The summed E-state index contributed by atoms with van der Waals surface area (Å²) < 4.78 is 2.37. The minimum atomic E-state index is -0.0126. The molecule has 120 valence electrons. The maximum Gasteiger partial charge on any atom is 0.271 e. The lowest BCUT2D eigenvalue weighted by molar-refractivity contribution is 0.712. The highest BCUT2D eigenvalue weighted by atomic mass is 32.1. The summed E-state index contributed by atoms with van der Waals surface area (Å²) in [5, 5.41) is 0.995. The lowest BCUT2D eigenvalue weighted by atomic mass is 10.1. The highest BCUT2D eigenvalue weighted by Gasteiger charge is 2.16. The summed E-state index contributed by atoms with van der Waals surface area (Å²) in [6.07, 6.45) is 3.50. The van der Waals surface area contributed by atoms with E-state index >= 15 is 0 Å². The summed E-state index contributed by atoms with van der Waals surface area (Å²) in [5.41, 5.74) is 3.81. The van der Waals surface area contributed by atoms with Gasteiger partial charge < -0.3 is 0 Å². The summed E-state index contributed by atoms with van der Waals surface area (Å²) >= 11 is 1.43. The van der Waals surface area contributed by atoms with Gasteiger partial charge >= 0.3 is 0 Å². The summed E-state index contributed by atoms with van der Waals surface area (Å²) in [6.45, 7) is 6.36. The maximum atomic E-state index is 13.0. The molecule has 0 N–H and O–H groups in total. The number of fused-ring (bicyclic) bond motifs is 3. The first-order valence-corrected chi connectivity index (χ1v) is 8.53. The molecule has 4 aromatic heterocycles. The monoisotopic (exact) mass is 336 g/mol. The molecule has 0 atom stereocenters. The Morgan fingerprint density at radius 1 is 1.21 bits per heavy atom. The molecule has 0 aromatic carbocycles. The number of aromatic nitrogens is 4. The number of thiophene rings is 1. The molecule has 0 aliphatic carbocycles. The van der Waals surface area contributed by atoms with Crippen molar-refractivity contribution in [2.75, 3.05) is 0 Å². The third-order valence-corrected chi connectivity index (χ3v) is 5.19. The molecule has 6 heteroatoms. The fourth-order valence-electron chi connectivity index (χ4n) is 3.03. The van der Waals surface area contributed by atoms with Gasteiger partial charge in [-0.15, -0.1) is 11.3 Å². The van der Waals surface area contributed by atoms with Gasteiger partial charge in [-0.2, -0.15) is 0 Å². The molecular weight excluding hydrogens is 320 g/mol. The van der Waals surface area contributed by atoms with Crippen LogP contribution in [-0.4, -0.2) is 19.5 Å². The fraction of sp³-hybridized carbons (Fsp3) is 0.222. The van der Waals surface area contributed by atoms with Crippen molar-refractivity contribution in [2.45, 2.75) is 27.3 Å². The second-order valence-electron chi connectivity index (χ2n) is 5.95. The van der Waals surface area contributed by atoms with Crippen LogP contribution in [0.2, 0.25) is 0 Å². The topological polar surface area (TPSA) is 60.7 Å². The number of nitrogens with zero attached hydrogens (tertiary/aromatic N) is 4. The van der Waals surface area contributed by atoms with E-state index in [2.05, 4.69) is 9.97 Å². The van der Waals surface area contributed by atoms with Crippen molar-refractivity contribution in [2.24, 2.45) is 0 Å². The third-order valence-electron chi connectivity index (χ3n) is 4.13. The van der Waals surface area contributed by atoms with Gasteiger partial charge in [0.15, 0.2) is 0 Å². The molecule has 0 bridgehead atoms. The molecule has 0 saturated heterocycles. The van der Waals surface area contributed by atoms with Gasteiger partial charge in [-0.3, -0.25) is 14.3 Å². The van der Waals surface area contributed by atoms with Crippen LogP contribution in [0.15, 0.2) is 35.4 Å². The average molecular weight is 336 g/mol. The minimum absolute atomic E-state index is 0.0126. The zero-order chi connectivity index (χ0) is 16.8. The molecule has 0 saturated carbocycles. The minimum Gasteiger partial charge on any atom is -0.291 e. The van der Waals surface area contributed by atoms with E-state index in [1.54, 1.807) is 17.0 Å². The van der Waals surface area contributed by atoms with Gasteiger partial charge in [-0.1, -0.05) is 6.07 Å². The average Bonchev–Trinajstić information content (AvgIpc) is 2.91. The van der Waals surface area contributed by atoms with Crippen molar-refractivity contribution >= 4 is 31.8 Å². The Labute approximate surface area is 142 Å². The van der Waals surface area contributed by atoms with Crippen molar-refractivity contribution < 1.29 is 0 Å². The Morgan fingerprint density at radius 2 is 2.04 bits per heavy atom. The summed E-state index contributed by atoms with van der Waals surface area (Å²) in [6, 6.07) is 5.87. The van der Waals surface area contributed by atoms with E-state index in [9.17, 15) is 4.79 Å². The second-order valence-corrected chi connectivity index (χ2v) is 6.95. The zero-order valence-corrected chi connectivity index (χ0v) is 14.5. The van der Waals surface area contributed by atoms with Gasteiger partial charge in [-0.25, -0.2) is 9.97 Å². The first kappa shape index (κ1) is 15.0. The van der Waals surface area contributed by atoms with E-state index in [0.29, 0.717) is 17.1 Å². The van der Waals surface area contributed by atoms with Gasteiger partial charge in [0.25, 0.3) is 5.56 Å². The lowest BCUT2D eigenvalue weighted by Crippen LogP contribution is -2.23. The van der Waals surface area contributed by atoms with E-state index in [1.807, 2.05) is 39.0 Å². The molecule has 4 aromatic rings. The van der Waals surface area contributed by atoms with E-state index < -0.39 is 0 Å². The molecule has 0 spiro atoms. The second kappa shape index (κ2) is 5.49. The molecule has 0 fully saturated rings. The Kier molecular flexibility index (Phi) is 3.42. The molecule has 24 heavy (non-hydrogen) atoms. The highest BCUT2D eigenvalue weighted by molar-refractivity contribution is 7.25. The van der Waals surface area contributed by atoms with Crippen molar-refractivity contribution in [1.29, 1.82) is 0 Å². The van der Waals surface area contributed by atoms with E-state index in [0.717, 1.165) is 32.6 Å². The Bertz CT molecular complexity index is 1130. The first-order chi connectivity index (χ1) is 11.5. The van der Waals surface area contributed by atoms with Crippen LogP contribution < -0.4 is 5.56 Å². The van der Waals surface area contributed by atoms with Crippen molar-refractivity contribution in [3.8, 4) is 0 Å². The van der Waals surface area contributed by atoms with Gasteiger partial charge in [0.05, 0.1) is 12.1 Å². The summed E-state index contributed by atoms with van der Waals surface area (Å²) in [4.78, 5) is 27.3. The van der Waals surface area contributed by atoms with Crippen LogP contribution in [0.1, 0.15) is 22.6 Å². The van der Waals surface area contributed by atoms with Crippen LogP contribution in [0, 0.1) is 20.8 Å². The number of pyridine rings is 2. The van der Waals surface area contributed by atoms with Crippen LogP contribution >= 0.6 is 11.3 Å². The van der Waals surface area contributed by atoms with Crippen molar-refractivity contribution in [3.63, 3.8) is 0 Å². The van der Waals surface area contributed by atoms with Crippen LogP contribution in [0.5, 0.6) is 0 Å². The standard InChI is InChI=1S/C18H16N4OS/c1-10-7-11(2)20-17-14(10)15-16(24-17)18(23)22(12(3)21-15)9-13-5-4-6-19-8-13/h4-8H,9H2,1-3H3. The normalized spacial score (nSPS) is 11.5. The predicted molar refractivity (Wildman–Crippen MR) is 96.7 cm³/mol. The Balaban J connectivity index is 1.99. The van der Waals surface area contributed by atoms with Crippen LogP contribution in [0.25, 0.3) is 20.4 Å². The van der Waals surface area contributed by atoms with Crippen LogP contribution in [-0.2, 0) is 6.54 Å². The fourth-order valence-corrected chi connectivity index (χ4v) is 4.21. The molecule has 0 unspecified atom stereocenters. The van der Waals surface area contributed by atoms with Gasteiger partial charge in [0.2, 0.25) is 0 Å². The quantitative estimate of drug-likeness (QED) is 0.563. The maximum absolute atomic E-state index is 13.0. The summed E-state index contributed by atoms with van der Waals surface area (Å²) in [5.74, 6) is 0.705.